The first-order valence-corrected chi connectivity index (χ1v) is 10.9. The maximum Gasteiger partial charge on any atom is 0.256 e. The highest BCUT2D eigenvalue weighted by Gasteiger charge is 2.22. The number of hydrogen-bond donors (Lipinski definition) is 2. The van der Waals surface area contributed by atoms with E-state index in [0.29, 0.717) is 23.4 Å². The Morgan fingerprint density at radius 1 is 1.18 bits per heavy atom. The third-order valence-electron chi connectivity index (χ3n) is 5.69. The van der Waals surface area contributed by atoms with Crippen LogP contribution in [0, 0.1) is 12.8 Å². The molecular weight excluding hydrogens is 368 g/mol. The lowest BCUT2D eigenvalue weighted by Gasteiger charge is -2.21. The second-order valence-electron chi connectivity index (χ2n) is 7.77. The molecule has 0 saturated heterocycles. The van der Waals surface area contributed by atoms with Crippen molar-refractivity contribution in [2.75, 3.05) is 11.9 Å². The van der Waals surface area contributed by atoms with Crippen LogP contribution >= 0.6 is 11.8 Å². The first-order chi connectivity index (χ1) is 13.6. The molecule has 5 heteroatoms. The van der Waals surface area contributed by atoms with Crippen molar-refractivity contribution in [3.8, 4) is 0 Å². The van der Waals surface area contributed by atoms with Crippen LogP contribution in [0.1, 0.15) is 64.8 Å². The molecule has 1 fully saturated rings. The molecule has 4 rings (SSSR count). The Morgan fingerprint density at radius 2 is 1.96 bits per heavy atom. The highest BCUT2D eigenvalue weighted by molar-refractivity contribution is 7.99. The van der Waals surface area contributed by atoms with Crippen LogP contribution in [0.15, 0.2) is 46.2 Å². The maximum absolute atomic E-state index is 12.7. The predicted octanol–water partition coefficient (Wildman–Crippen LogP) is 5.41. The SMILES string of the molecule is Cc1cc(C(=O)NCCC2CCCCC2)cc2c1Sc1ccccc1C(=O)N2. The Hall–Kier alpha value is -2.27. The summed E-state index contributed by atoms with van der Waals surface area (Å²) in [6.07, 6.45) is 7.63. The molecule has 1 aliphatic carbocycles. The first-order valence-electron chi connectivity index (χ1n) is 10.1. The molecule has 1 heterocycles. The summed E-state index contributed by atoms with van der Waals surface area (Å²) < 4.78 is 0. The van der Waals surface area contributed by atoms with Crippen molar-refractivity contribution in [3.63, 3.8) is 0 Å². The minimum absolute atomic E-state index is 0.0669. The number of carbonyl (C=O) groups excluding carboxylic acids is 2. The zero-order chi connectivity index (χ0) is 19.5. The van der Waals surface area contributed by atoms with Gasteiger partial charge in [-0.1, -0.05) is 56.0 Å². The van der Waals surface area contributed by atoms with E-state index in [0.717, 1.165) is 27.7 Å². The van der Waals surface area contributed by atoms with Crippen molar-refractivity contribution in [2.24, 2.45) is 5.92 Å². The largest absolute Gasteiger partial charge is 0.352 e. The van der Waals surface area contributed by atoms with Crippen molar-refractivity contribution < 1.29 is 9.59 Å². The van der Waals surface area contributed by atoms with Gasteiger partial charge in [-0.25, -0.2) is 0 Å². The summed E-state index contributed by atoms with van der Waals surface area (Å²) in [7, 11) is 0. The fraction of sp³-hybridized carbons (Fsp3) is 0.391. The Balaban J connectivity index is 1.48. The molecule has 0 unspecified atom stereocenters. The van der Waals surface area contributed by atoms with E-state index >= 15 is 0 Å². The van der Waals surface area contributed by atoms with Crippen LogP contribution in [0.3, 0.4) is 0 Å². The fourth-order valence-corrected chi connectivity index (χ4v) is 5.22. The molecule has 1 saturated carbocycles. The van der Waals surface area contributed by atoms with Crippen molar-refractivity contribution >= 4 is 29.3 Å². The lowest BCUT2D eigenvalue weighted by atomic mass is 9.87. The Kier molecular flexibility index (Phi) is 5.72. The number of rotatable bonds is 4. The van der Waals surface area contributed by atoms with E-state index in [4.69, 9.17) is 0 Å². The van der Waals surface area contributed by atoms with E-state index < -0.39 is 0 Å². The summed E-state index contributed by atoms with van der Waals surface area (Å²) in [5.74, 6) is 0.552. The molecule has 0 radical (unpaired) electrons. The van der Waals surface area contributed by atoms with Gasteiger partial charge in [-0.05, 0) is 49.1 Å². The van der Waals surface area contributed by atoms with E-state index in [1.807, 2.05) is 37.3 Å². The van der Waals surface area contributed by atoms with Gasteiger partial charge in [0.25, 0.3) is 11.8 Å². The van der Waals surface area contributed by atoms with Crippen molar-refractivity contribution in [1.82, 2.24) is 5.32 Å². The topological polar surface area (TPSA) is 58.2 Å². The molecule has 2 N–H and O–H groups in total. The molecule has 2 aromatic rings. The number of benzene rings is 2. The van der Waals surface area contributed by atoms with E-state index in [1.54, 1.807) is 17.8 Å². The average Bonchev–Trinajstić information content (AvgIpc) is 2.85. The summed E-state index contributed by atoms with van der Waals surface area (Å²) in [6, 6.07) is 11.3. The molecule has 0 atom stereocenters. The number of carbonyl (C=O) groups is 2. The molecule has 1 aliphatic heterocycles. The van der Waals surface area contributed by atoms with Gasteiger partial charge in [0.05, 0.1) is 11.3 Å². The van der Waals surface area contributed by atoms with Crippen LogP contribution in [0.4, 0.5) is 5.69 Å². The van der Waals surface area contributed by atoms with Gasteiger partial charge in [0, 0.05) is 21.9 Å². The molecule has 28 heavy (non-hydrogen) atoms. The molecule has 0 aromatic heterocycles. The second-order valence-corrected chi connectivity index (χ2v) is 8.82. The lowest BCUT2D eigenvalue weighted by molar-refractivity contribution is 0.0948. The Bertz CT molecular complexity index is 903. The van der Waals surface area contributed by atoms with Crippen LogP contribution in [-0.4, -0.2) is 18.4 Å². The minimum atomic E-state index is -0.129. The smallest absolute Gasteiger partial charge is 0.256 e. The molecule has 2 aromatic carbocycles. The van der Waals surface area contributed by atoms with Crippen LogP contribution in [0.5, 0.6) is 0 Å². The van der Waals surface area contributed by atoms with E-state index in [2.05, 4.69) is 10.6 Å². The summed E-state index contributed by atoms with van der Waals surface area (Å²) in [5.41, 5.74) is 2.98. The van der Waals surface area contributed by atoms with Gasteiger partial charge in [0.15, 0.2) is 0 Å². The normalized spacial score (nSPS) is 16.5. The maximum atomic E-state index is 12.7. The van der Waals surface area contributed by atoms with Gasteiger partial charge in [-0.15, -0.1) is 0 Å². The highest BCUT2D eigenvalue weighted by atomic mass is 32.2. The third-order valence-corrected chi connectivity index (χ3v) is 7.01. The molecule has 2 aliphatic rings. The van der Waals surface area contributed by atoms with Crippen LogP contribution in [-0.2, 0) is 0 Å². The molecule has 146 valence electrons. The zero-order valence-electron chi connectivity index (χ0n) is 16.2. The van der Waals surface area contributed by atoms with Gasteiger partial charge in [0.2, 0.25) is 0 Å². The summed E-state index contributed by atoms with van der Waals surface area (Å²) in [4.78, 5) is 27.2. The van der Waals surface area contributed by atoms with Crippen molar-refractivity contribution in [1.29, 1.82) is 0 Å². The lowest BCUT2D eigenvalue weighted by Crippen LogP contribution is -2.26. The Morgan fingerprint density at radius 3 is 2.79 bits per heavy atom. The van der Waals surface area contributed by atoms with Crippen molar-refractivity contribution in [2.45, 2.75) is 55.2 Å². The fourth-order valence-electron chi connectivity index (χ4n) is 4.14. The number of anilines is 1. The van der Waals surface area contributed by atoms with E-state index in [-0.39, 0.29) is 11.8 Å². The van der Waals surface area contributed by atoms with Gasteiger partial charge in [-0.2, -0.15) is 0 Å². The Labute approximate surface area is 170 Å². The van der Waals surface area contributed by atoms with Gasteiger partial charge < -0.3 is 10.6 Å². The van der Waals surface area contributed by atoms with E-state index in [1.165, 1.54) is 32.1 Å². The second kappa shape index (κ2) is 8.39. The first kappa shape index (κ1) is 19.1. The number of fused-ring (bicyclic) bond motifs is 2. The monoisotopic (exact) mass is 394 g/mol. The van der Waals surface area contributed by atoms with Crippen LogP contribution in [0.25, 0.3) is 0 Å². The van der Waals surface area contributed by atoms with Gasteiger partial charge in [-0.3, -0.25) is 9.59 Å². The number of hydrogen-bond acceptors (Lipinski definition) is 3. The van der Waals surface area contributed by atoms with E-state index in [9.17, 15) is 9.59 Å². The summed E-state index contributed by atoms with van der Waals surface area (Å²) in [5, 5.41) is 6.05. The number of nitrogens with one attached hydrogen (secondary N) is 2. The predicted molar refractivity (Wildman–Crippen MR) is 113 cm³/mol. The van der Waals surface area contributed by atoms with Crippen LogP contribution < -0.4 is 10.6 Å². The quantitative estimate of drug-likeness (QED) is 0.729. The molecule has 0 spiro atoms. The summed E-state index contributed by atoms with van der Waals surface area (Å²) in [6.45, 7) is 2.71. The summed E-state index contributed by atoms with van der Waals surface area (Å²) >= 11 is 1.58. The average molecular weight is 395 g/mol. The molecule has 4 nitrogen and oxygen atoms in total. The molecule has 0 bridgehead atoms. The third kappa shape index (κ3) is 4.09. The number of aryl methyl sites for hydroxylation is 1. The zero-order valence-corrected chi connectivity index (χ0v) is 17.0. The number of amides is 2. The molecular formula is C23H26N2O2S. The van der Waals surface area contributed by atoms with Gasteiger partial charge in [0.1, 0.15) is 0 Å². The molecule has 2 amide bonds. The minimum Gasteiger partial charge on any atom is -0.352 e. The van der Waals surface area contributed by atoms with Crippen LogP contribution in [0.2, 0.25) is 0 Å². The highest BCUT2D eigenvalue weighted by Crippen LogP contribution is 2.41. The van der Waals surface area contributed by atoms with Crippen molar-refractivity contribution in [3.05, 3.63) is 53.1 Å². The van der Waals surface area contributed by atoms with Gasteiger partial charge >= 0.3 is 0 Å². The standard InChI is InChI=1S/C23H26N2O2S/c1-15-13-17(22(26)24-12-11-16-7-3-2-4-8-16)14-19-21(15)28-20-10-6-5-9-18(20)23(27)25-19/h5-6,9-10,13-14,16H,2-4,7-8,11-12H2,1H3,(H,24,26)(H,25,27).